The molecule has 2 rings (SSSR count). The van der Waals surface area contributed by atoms with Crippen LogP contribution in [0.25, 0.3) is 0 Å². The first-order chi connectivity index (χ1) is 10.5. The Bertz CT molecular complexity index is 657. The maximum atomic E-state index is 12.8. The lowest BCUT2D eigenvalue weighted by Gasteiger charge is -2.33. The van der Waals surface area contributed by atoms with Crippen molar-refractivity contribution in [2.45, 2.75) is 36.6 Å². The van der Waals surface area contributed by atoms with Crippen LogP contribution in [0.2, 0.25) is 0 Å². The molecule has 2 N–H and O–H groups in total. The van der Waals surface area contributed by atoms with E-state index < -0.39 is 27.4 Å². The zero-order valence-corrected chi connectivity index (χ0v) is 13.6. The fourth-order valence-electron chi connectivity index (χ4n) is 2.43. The number of alkyl halides is 3. The molecule has 1 aliphatic rings. The fraction of sp³-hybridized carbons (Fsp3) is 0.571. The van der Waals surface area contributed by atoms with E-state index in [4.69, 9.17) is 0 Å². The summed E-state index contributed by atoms with van der Waals surface area (Å²) >= 11 is 0. The number of hydrogen-bond acceptors (Lipinski definition) is 4. The van der Waals surface area contributed by atoms with Crippen LogP contribution in [0, 0.1) is 0 Å². The Balaban J connectivity index is 2.32. The molecular weight excluding hydrogens is 333 g/mol. The van der Waals surface area contributed by atoms with E-state index in [9.17, 15) is 26.7 Å². The summed E-state index contributed by atoms with van der Waals surface area (Å²) in [6.45, 7) is 3.72. The van der Waals surface area contributed by atoms with E-state index in [2.05, 4.69) is 5.32 Å². The molecule has 1 aromatic carbocycles. The number of hydrogen-bond donors (Lipinski definition) is 2. The smallest absolute Gasteiger partial charge is 0.376 e. The molecule has 0 radical (unpaired) electrons. The topological polar surface area (TPSA) is 69.6 Å². The third-order valence-corrected chi connectivity index (χ3v) is 6.04. The van der Waals surface area contributed by atoms with Crippen LogP contribution in [-0.2, 0) is 15.6 Å². The van der Waals surface area contributed by atoms with Crippen molar-refractivity contribution in [3.8, 4) is 0 Å². The molecule has 1 fully saturated rings. The van der Waals surface area contributed by atoms with Gasteiger partial charge in [0.2, 0.25) is 10.0 Å². The average molecular weight is 352 g/mol. The lowest BCUT2D eigenvalue weighted by molar-refractivity contribution is -0.258. The summed E-state index contributed by atoms with van der Waals surface area (Å²) < 4.78 is 64.9. The van der Waals surface area contributed by atoms with Crippen molar-refractivity contribution in [1.29, 1.82) is 0 Å². The molecule has 5 nitrogen and oxygen atoms in total. The van der Waals surface area contributed by atoms with Crippen LogP contribution in [0.5, 0.6) is 0 Å². The first kappa shape index (κ1) is 18.2. The Morgan fingerprint density at radius 2 is 1.83 bits per heavy atom. The van der Waals surface area contributed by atoms with E-state index in [0.29, 0.717) is 26.6 Å². The van der Waals surface area contributed by atoms with E-state index in [1.807, 2.05) is 0 Å². The Morgan fingerprint density at radius 1 is 1.26 bits per heavy atom. The molecule has 0 amide bonds. The zero-order valence-electron chi connectivity index (χ0n) is 12.8. The number of nitrogens with one attached hydrogen (secondary N) is 1. The molecule has 23 heavy (non-hydrogen) atoms. The van der Waals surface area contributed by atoms with E-state index in [1.54, 1.807) is 6.92 Å². The fourth-order valence-corrected chi connectivity index (χ4v) is 4.06. The van der Waals surface area contributed by atoms with Gasteiger partial charge in [-0.05, 0) is 31.5 Å². The molecule has 2 atom stereocenters. The monoisotopic (exact) mass is 352 g/mol. The van der Waals surface area contributed by atoms with Gasteiger partial charge < -0.3 is 10.4 Å². The molecule has 0 aromatic heterocycles. The molecule has 1 unspecified atom stereocenters. The number of sulfonamides is 1. The van der Waals surface area contributed by atoms with Gasteiger partial charge in [0.25, 0.3) is 0 Å². The number of rotatable bonds is 3. The van der Waals surface area contributed by atoms with E-state index in [1.165, 1.54) is 4.31 Å². The summed E-state index contributed by atoms with van der Waals surface area (Å²) in [5.41, 5.74) is -3.44. The van der Waals surface area contributed by atoms with Crippen LogP contribution < -0.4 is 5.32 Å². The molecule has 0 bridgehead atoms. The van der Waals surface area contributed by atoms with Crippen LogP contribution in [0.3, 0.4) is 0 Å². The molecule has 9 heteroatoms. The highest BCUT2D eigenvalue weighted by Crippen LogP contribution is 2.38. The van der Waals surface area contributed by atoms with Gasteiger partial charge >= 0.3 is 6.18 Å². The predicted molar refractivity (Wildman–Crippen MR) is 78.3 cm³/mol. The first-order valence-corrected chi connectivity index (χ1v) is 8.54. The van der Waals surface area contributed by atoms with Crippen LogP contribution in [-0.4, -0.2) is 49.7 Å². The summed E-state index contributed by atoms with van der Waals surface area (Å²) in [6.07, 6.45) is -4.85. The largest absolute Gasteiger partial charge is 0.421 e. The second kappa shape index (κ2) is 6.04. The number of aliphatic hydroxyl groups is 1. The molecule has 1 saturated heterocycles. The highest BCUT2D eigenvalue weighted by atomic mass is 32.2. The summed E-state index contributed by atoms with van der Waals surface area (Å²) in [4.78, 5) is -0.0898. The van der Waals surface area contributed by atoms with Gasteiger partial charge in [0, 0.05) is 25.7 Å². The molecule has 0 aliphatic carbocycles. The highest BCUT2D eigenvalue weighted by Gasteiger charge is 2.51. The van der Waals surface area contributed by atoms with E-state index >= 15 is 0 Å². The quantitative estimate of drug-likeness (QED) is 0.864. The van der Waals surface area contributed by atoms with Crippen molar-refractivity contribution in [3.63, 3.8) is 0 Å². The Morgan fingerprint density at radius 3 is 2.30 bits per heavy atom. The normalized spacial score (nSPS) is 23.5. The Hall–Kier alpha value is -1.16. The maximum absolute atomic E-state index is 12.8. The summed E-state index contributed by atoms with van der Waals surface area (Å²) in [6, 6.07) is 3.94. The zero-order chi connectivity index (χ0) is 17.5. The van der Waals surface area contributed by atoms with Gasteiger partial charge in [0.05, 0.1) is 4.90 Å². The van der Waals surface area contributed by atoms with Gasteiger partial charge in [0.15, 0.2) is 5.60 Å². The predicted octanol–water partition coefficient (Wildman–Crippen LogP) is 1.44. The van der Waals surface area contributed by atoms with Crippen molar-refractivity contribution in [3.05, 3.63) is 29.8 Å². The van der Waals surface area contributed by atoms with Gasteiger partial charge in [0.1, 0.15) is 0 Å². The summed E-state index contributed by atoms with van der Waals surface area (Å²) in [5, 5.41) is 12.7. The SMILES string of the molecule is C[C@@H]1CNCCN1S(=O)(=O)c1ccc(C(C)(O)C(F)(F)F)cc1. The third-order valence-electron chi connectivity index (χ3n) is 4.02. The standard InChI is InChI=1S/C14H19F3N2O3S/c1-10-9-18-7-8-19(10)23(21,22)12-5-3-11(4-6-12)13(2,20)14(15,16)17/h3-6,10,18,20H,7-9H2,1-2H3/t10-,13?/m1/s1. The Labute approximate surface area is 133 Å². The molecular formula is C14H19F3N2O3S. The lowest BCUT2D eigenvalue weighted by Crippen LogP contribution is -2.52. The van der Waals surface area contributed by atoms with Crippen molar-refractivity contribution in [1.82, 2.24) is 9.62 Å². The number of benzene rings is 1. The van der Waals surface area contributed by atoms with Gasteiger partial charge in [-0.3, -0.25) is 0 Å². The number of halogens is 3. The van der Waals surface area contributed by atoms with E-state index in [0.717, 1.165) is 24.3 Å². The molecule has 130 valence electrons. The summed E-state index contributed by atoms with van der Waals surface area (Å²) in [5.74, 6) is 0. The molecule has 1 aliphatic heterocycles. The number of nitrogens with zero attached hydrogens (tertiary/aromatic N) is 1. The van der Waals surface area contributed by atoms with Crippen molar-refractivity contribution >= 4 is 10.0 Å². The molecule has 0 spiro atoms. The lowest BCUT2D eigenvalue weighted by atomic mass is 9.96. The number of piperazine rings is 1. The van der Waals surface area contributed by atoms with Gasteiger partial charge in [-0.2, -0.15) is 17.5 Å². The minimum atomic E-state index is -4.85. The molecule has 1 heterocycles. The van der Waals surface area contributed by atoms with Gasteiger partial charge in [-0.15, -0.1) is 0 Å². The second-order valence-electron chi connectivity index (χ2n) is 5.76. The first-order valence-electron chi connectivity index (χ1n) is 7.10. The highest BCUT2D eigenvalue weighted by molar-refractivity contribution is 7.89. The minimum Gasteiger partial charge on any atom is -0.376 e. The van der Waals surface area contributed by atoms with Crippen molar-refractivity contribution < 1.29 is 26.7 Å². The van der Waals surface area contributed by atoms with Crippen LogP contribution in [0.15, 0.2) is 29.2 Å². The Kier molecular flexibility index (Phi) is 4.78. The minimum absolute atomic E-state index is 0.0898. The van der Waals surface area contributed by atoms with E-state index in [-0.39, 0.29) is 10.9 Å². The van der Waals surface area contributed by atoms with Gasteiger partial charge in [-0.1, -0.05) is 12.1 Å². The van der Waals surface area contributed by atoms with Gasteiger partial charge in [-0.25, -0.2) is 8.42 Å². The molecule has 1 aromatic rings. The second-order valence-corrected chi connectivity index (χ2v) is 7.65. The third kappa shape index (κ3) is 3.37. The molecule has 0 saturated carbocycles. The van der Waals surface area contributed by atoms with Crippen LogP contribution in [0.4, 0.5) is 13.2 Å². The van der Waals surface area contributed by atoms with Crippen molar-refractivity contribution in [2.75, 3.05) is 19.6 Å². The van der Waals surface area contributed by atoms with Crippen LogP contribution in [0.1, 0.15) is 19.4 Å². The van der Waals surface area contributed by atoms with Crippen LogP contribution >= 0.6 is 0 Å². The van der Waals surface area contributed by atoms with Crippen molar-refractivity contribution in [2.24, 2.45) is 0 Å². The average Bonchev–Trinajstić information content (AvgIpc) is 2.46. The summed E-state index contributed by atoms with van der Waals surface area (Å²) in [7, 11) is -3.78. The maximum Gasteiger partial charge on any atom is 0.421 e.